The van der Waals surface area contributed by atoms with Crippen LogP contribution in [0.4, 0.5) is 0 Å². The summed E-state index contributed by atoms with van der Waals surface area (Å²) in [6.45, 7) is 1.31. The second-order valence-corrected chi connectivity index (χ2v) is 8.29. The number of ether oxygens (including phenoxy) is 2. The minimum absolute atomic E-state index is 0.0303. The molecule has 0 saturated heterocycles. The van der Waals surface area contributed by atoms with E-state index in [0.29, 0.717) is 16.5 Å². The van der Waals surface area contributed by atoms with Crippen LogP contribution in [-0.2, 0) is 19.6 Å². The highest BCUT2D eigenvalue weighted by Crippen LogP contribution is 2.30. The van der Waals surface area contributed by atoms with Crippen LogP contribution in [0, 0.1) is 0 Å². The van der Waals surface area contributed by atoms with Gasteiger partial charge in [-0.1, -0.05) is 23.7 Å². The number of carbonyl (C=O) groups excluding carboxylic acids is 2. The number of halogens is 1. The van der Waals surface area contributed by atoms with E-state index in [2.05, 4.69) is 15.6 Å². The van der Waals surface area contributed by atoms with Gasteiger partial charge in [0.25, 0.3) is 11.8 Å². The number of fused-ring (bicyclic) bond motifs is 1. The molecule has 3 N–H and O–H groups in total. The Labute approximate surface area is 172 Å². The minimum atomic E-state index is -3.94. The molecule has 1 aliphatic rings. The largest absolute Gasteiger partial charge is 0.485 e. The number of hydrazine groups is 1. The van der Waals surface area contributed by atoms with Gasteiger partial charge in [0, 0.05) is 5.02 Å². The Balaban J connectivity index is 1.52. The monoisotopic (exact) mass is 439 g/mol. The van der Waals surface area contributed by atoms with Gasteiger partial charge in [-0.3, -0.25) is 20.4 Å². The molecule has 11 heteroatoms. The molecule has 2 aromatic rings. The number of benzene rings is 2. The third kappa shape index (κ3) is 5.17. The van der Waals surface area contributed by atoms with E-state index in [0.717, 1.165) is 0 Å². The third-order valence-corrected chi connectivity index (χ3v) is 5.77. The van der Waals surface area contributed by atoms with E-state index in [1.807, 2.05) is 0 Å². The maximum absolute atomic E-state index is 12.3. The molecule has 2 aromatic carbocycles. The molecular weight excluding hydrogens is 422 g/mol. The number of rotatable bonds is 5. The van der Waals surface area contributed by atoms with Crippen molar-refractivity contribution in [1.29, 1.82) is 0 Å². The molecule has 3 rings (SSSR count). The van der Waals surface area contributed by atoms with Crippen molar-refractivity contribution in [1.82, 2.24) is 15.6 Å². The molecule has 0 radical (unpaired) electrons. The number of carbonyl (C=O) groups is 2. The van der Waals surface area contributed by atoms with Crippen molar-refractivity contribution in [2.75, 3.05) is 6.61 Å². The highest BCUT2D eigenvalue weighted by Gasteiger charge is 2.28. The van der Waals surface area contributed by atoms with E-state index in [4.69, 9.17) is 21.1 Å². The average molecular weight is 440 g/mol. The summed E-state index contributed by atoms with van der Waals surface area (Å²) in [5, 5.41) is 0.383. The highest BCUT2D eigenvalue weighted by atomic mass is 35.5. The van der Waals surface area contributed by atoms with E-state index >= 15 is 0 Å². The summed E-state index contributed by atoms with van der Waals surface area (Å²) in [6, 6.07) is 11.2. The van der Waals surface area contributed by atoms with Crippen molar-refractivity contribution in [2.24, 2.45) is 0 Å². The molecule has 0 bridgehead atoms. The lowest BCUT2D eigenvalue weighted by Gasteiger charge is -2.25. The van der Waals surface area contributed by atoms with Gasteiger partial charge in [-0.05, 0) is 43.3 Å². The summed E-state index contributed by atoms with van der Waals surface area (Å²) < 4.78 is 37.8. The van der Waals surface area contributed by atoms with Crippen LogP contribution >= 0.6 is 11.6 Å². The van der Waals surface area contributed by atoms with Crippen LogP contribution in [0.1, 0.15) is 6.92 Å². The summed E-state index contributed by atoms with van der Waals surface area (Å²) in [6.07, 6.45) is -0.966. The van der Waals surface area contributed by atoms with Crippen molar-refractivity contribution < 1.29 is 27.5 Å². The van der Waals surface area contributed by atoms with Crippen molar-refractivity contribution in [2.45, 2.75) is 24.0 Å². The van der Waals surface area contributed by atoms with Crippen molar-refractivity contribution in [3.05, 3.63) is 53.6 Å². The number of amides is 2. The predicted molar refractivity (Wildman–Crippen MR) is 104 cm³/mol. The van der Waals surface area contributed by atoms with Crippen molar-refractivity contribution in [3.63, 3.8) is 0 Å². The molecule has 0 aliphatic carbocycles. The van der Waals surface area contributed by atoms with E-state index < -0.39 is 34.0 Å². The Hall–Kier alpha value is -2.82. The lowest BCUT2D eigenvalue weighted by molar-refractivity contribution is -0.135. The van der Waals surface area contributed by atoms with Crippen molar-refractivity contribution in [3.8, 4) is 11.5 Å². The van der Waals surface area contributed by atoms with Gasteiger partial charge in [-0.25, -0.2) is 8.42 Å². The van der Waals surface area contributed by atoms with Gasteiger partial charge >= 0.3 is 0 Å². The van der Waals surface area contributed by atoms with Crippen LogP contribution in [0.5, 0.6) is 11.5 Å². The maximum atomic E-state index is 12.3. The number of nitrogens with one attached hydrogen (secondary N) is 3. The zero-order chi connectivity index (χ0) is 21.0. The molecule has 154 valence electrons. The molecule has 1 heterocycles. The minimum Gasteiger partial charge on any atom is -0.485 e. The van der Waals surface area contributed by atoms with E-state index in [-0.39, 0.29) is 11.5 Å². The first kappa shape index (κ1) is 20.9. The maximum Gasteiger partial charge on any atom is 0.283 e. The van der Waals surface area contributed by atoms with Gasteiger partial charge in [0.1, 0.15) is 6.61 Å². The number of hydrogen-bond donors (Lipinski definition) is 3. The lowest BCUT2D eigenvalue weighted by Crippen LogP contribution is -2.55. The van der Waals surface area contributed by atoms with Gasteiger partial charge in [0.15, 0.2) is 11.5 Å². The van der Waals surface area contributed by atoms with Gasteiger partial charge in [0.2, 0.25) is 16.1 Å². The van der Waals surface area contributed by atoms with Gasteiger partial charge in [-0.15, -0.1) is 0 Å². The third-order valence-electron chi connectivity index (χ3n) is 3.96. The van der Waals surface area contributed by atoms with Gasteiger partial charge < -0.3 is 9.47 Å². The molecule has 2 amide bonds. The number of hydrogen-bond acceptors (Lipinski definition) is 6. The van der Waals surface area contributed by atoms with Crippen LogP contribution in [0.3, 0.4) is 0 Å². The summed E-state index contributed by atoms with van der Waals surface area (Å²) in [5.41, 5.74) is 4.37. The number of sulfonamides is 1. The molecule has 1 aliphatic heterocycles. The summed E-state index contributed by atoms with van der Waals surface area (Å²) >= 11 is 5.74. The topological polar surface area (TPSA) is 123 Å². The van der Waals surface area contributed by atoms with Gasteiger partial charge in [0.05, 0.1) is 10.9 Å². The lowest BCUT2D eigenvalue weighted by atomic mass is 10.2. The zero-order valence-corrected chi connectivity index (χ0v) is 16.8. The first-order chi connectivity index (χ1) is 13.8. The first-order valence-corrected chi connectivity index (χ1v) is 10.4. The predicted octanol–water partition coefficient (Wildman–Crippen LogP) is 0.994. The van der Waals surface area contributed by atoms with Crippen LogP contribution in [0.25, 0.3) is 0 Å². The van der Waals surface area contributed by atoms with Crippen molar-refractivity contribution >= 4 is 33.4 Å². The SMILES string of the molecule is C[C@H](NS(=O)(=O)c1ccc(Cl)cc1)C(=O)NNC(=O)C1COc2ccccc2O1. The fraction of sp³-hybridized carbons (Fsp3) is 0.222. The fourth-order valence-corrected chi connectivity index (χ4v) is 3.76. The molecule has 1 unspecified atom stereocenters. The molecule has 0 saturated carbocycles. The Morgan fingerprint density at radius 1 is 1.07 bits per heavy atom. The normalized spacial score (nSPS) is 16.6. The standard InChI is InChI=1S/C18H18ClN3O6S/c1-11(22-29(25,26)13-8-6-12(19)7-9-13)17(23)20-21-18(24)16-10-27-14-4-2-3-5-15(14)28-16/h2-9,11,16,22H,10H2,1H3,(H,20,23)(H,21,24)/t11-,16?/m0/s1. The molecule has 2 atom stereocenters. The van der Waals surface area contributed by atoms with E-state index in [1.54, 1.807) is 24.3 Å². The molecule has 29 heavy (non-hydrogen) atoms. The quantitative estimate of drug-likeness (QED) is 0.597. The Morgan fingerprint density at radius 2 is 1.72 bits per heavy atom. The Bertz CT molecular complexity index is 1010. The summed E-state index contributed by atoms with van der Waals surface area (Å²) in [5.74, 6) is -0.464. The van der Waals surface area contributed by atoms with E-state index in [1.165, 1.54) is 31.2 Å². The highest BCUT2D eigenvalue weighted by molar-refractivity contribution is 7.89. The summed E-state index contributed by atoms with van der Waals surface area (Å²) in [4.78, 5) is 24.3. The molecule has 0 aromatic heterocycles. The smallest absolute Gasteiger partial charge is 0.283 e. The number of para-hydroxylation sites is 2. The Morgan fingerprint density at radius 3 is 2.41 bits per heavy atom. The second kappa shape index (κ2) is 8.68. The van der Waals surface area contributed by atoms with Gasteiger partial charge in [-0.2, -0.15) is 4.72 Å². The average Bonchev–Trinajstić information content (AvgIpc) is 2.71. The fourth-order valence-electron chi connectivity index (χ4n) is 2.43. The molecular formula is C18H18ClN3O6S. The Kier molecular flexibility index (Phi) is 6.26. The zero-order valence-electron chi connectivity index (χ0n) is 15.2. The molecule has 9 nitrogen and oxygen atoms in total. The first-order valence-electron chi connectivity index (χ1n) is 8.52. The van der Waals surface area contributed by atoms with Crippen LogP contribution < -0.4 is 25.0 Å². The summed E-state index contributed by atoms with van der Waals surface area (Å²) in [7, 11) is -3.94. The van der Waals surface area contributed by atoms with E-state index in [9.17, 15) is 18.0 Å². The van der Waals surface area contributed by atoms with Crippen LogP contribution in [0.2, 0.25) is 5.02 Å². The molecule has 0 fully saturated rings. The van der Waals surface area contributed by atoms with Crippen LogP contribution in [0.15, 0.2) is 53.4 Å². The van der Waals surface area contributed by atoms with Crippen LogP contribution in [-0.4, -0.2) is 39.0 Å². The molecule has 0 spiro atoms. The second-order valence-electron chi connectivity index (χ2n) is 6.14.